The zero-order chi connectivity index (χ0) is 19.6. The van der Waals surface area contributed by atoms with Gasteiger partial charge >= 0.3 is 0 Å². The number of aromatic nitrogens is 5. The molecular formula is C22H20N6O. The first-order valence-corrected chi connectivity index (χ1v) is 9.53. The van der Waals surface area contributed by atoms with Gasteiger partial charge in [-0.15, -0.1) is 0 Å². The molecule has 7 nitrogen and oxygen atoms in total. The fourth-order valence-electron chi connectivity index (χ4n) is 3.30. The Kier molecular flexibility index (Phi) is 4.42. The monoisotopic (exact) mass is 384 g/mol. The van der Waals surface area contributed by atoms with E-state index in [1.807, 2.05) is 65.6 Å². The number of H-pyrrole nitrogens is 1. The Balaban J connectivity index is 1.49. The first-order valence-electron chi connectivity index (χ1n) is 9.53. The SMILES string of the molecule is NCCCOc1ccc(-c2ccc3ncc(-c4cnc5[nH]ccc5c4)n3n2)cc1. The number of nitrogens with one attached hydrogen (secondary N) is 1. The van der Waals surface area contributed by atoms with Crippen LogP contribution in [0.3, 0.4) is 0 Å². The lowest BCUT2D eigenvalue weighted by molar-refractivity contribution is 0.313. The van der Waals surface area contributed by atoms with E-state index in [0.29, 0.717) is 13.2 Å². The summed E-state index contributed by atoms with van der Waals surface area (Å²) < 4.78 is 7.53. The summed E-state index contributed by atoms with van der Waals surface area (Å²) in [4.78, 5) is 12.1. The van der Waals surface area contributed by atoms with Crippen molar-refractivity contribution in [3.63, 3.8) is 0 Å². The lowest BCUT2D eigenvalue weighted by Gasteiger charge is -2.07. The molecule has 7 heteroatoms. The van der Waals surface area contributed by atoms with E-state index in [4.69, 9.17) is 15.6 Å². The zero-order valence-electron chi connectivity index (χ0n) is 15.7. The van der Waals surface area contributed by atoms with Crippen LogP contribution in [0.1, 0.15) is 6.42 Å². The van der Waals surface area contributed by atoms with Crippen molar-refractivity contribution in [2.75, 3.05) is 13.2 Å². The van der Waals surface area contributed by atoms with Crippen molar-refractivity contribution >= 4 is 16.7 Å². The maximum absolute atomic E-state index is 5.68. The summed E-state index contributed by atoms with van der Waals surface area (Å²) in [5, 5.41) is 5.87. The standard InChI is InChI=1S/C22H20N6O/c23-9-1-11-29-18-4-2-15(3-5-18)19-6-7-21-25-14-20(28(21)27-19)17-12-16-8-10-24-22(16)26-13-17/h2-8,10,12-14H,1,9,11,23H2,(H,24,26). The van der Waals surface area contributed by atoms with Crippen LogP contribution in [0.15, 0.2) is 67.1 Å². The van der Waals surface area contributed by atoms with Crippen molar-refractivity contribution in [2.45, 2.75) is 6.42 Å². The van der Waals surface area contributed by atoms with Gasteiger partial charge in [0.15, 0.2) is 5.65 Å². The number of benzene rings is 1. The number of nitrogens with two attached hydrogens (primary N) is 1. The smallest absolute Gasteiger partial charge is 0.154 e. The Hall–Kier alpha value is -3.71. The van der Waals surface area contributed by atoms with Gasteiger partial charge in [-0.1, -0.05) is 0 Å². The van der Waals surface area contributed by atoms with Gasteiger partial charge in [0.1, 0.15) is 11.4 Å². The van der Waals surface area contributed by atoms with Crippen molar-refractivity contribution in [3.05, 3.63) is 67.1 Å². The molecule has 0 saturated heterocycles. The van der Waals surface area contributed by atoms with Crippen LogP contribution in [0.25, 0.3) is 39.2 Å². The van der Waals surface area contributed by atoms with Crippen LogP contribution in [0.5, 0.6) is 5.75 Å². The maximum atomic E-state index is 5.68. The average molecular weight is 384 g/mol. The molecule has 0 aliphatic rings. The summed E-state index contributed by atoms with van der Waals surface area (Å²) in [7, 11) is 0. The minimum Gasteiger partial charge on any atom is -0.494 e. The van der Waals surface area contributed by atoms with Crippen LogP contribution in [0, 0.1) is 0 Å². The third-order valence-corrected chi connectivity index (χ3v) is 4.83. The van der Waals surface area contributed by atoms with Crippen molar-refractivity contribution < 1.29 is 4.74 Å². The lowest BCUT2D eigenvalue weighted by atomic mass is 10.1. The summed E-state index contributed by atoms with van der Waals surface area (Å²) in [6.45, 7) is 1.25. The second-order valence-electron chi connectivity index (χ2n) is 6.79. The van der Waals surface area contributed by atoms with Crippen LogP contribution in [-0.4, -0.2) is 37.7 Å². The largest absolute Gasteiger partial charge is 0.494 e. The van der Waals surface area contributed by atoms with E-state index in [9.17, 15) is 0 Å². The predicted octanol–water partition coefficient (Wildman–Crippen LogP) is 3.67. The van der Waals surface area contributed by atoms with E-state index in [1.165, 1.54) is 0 Å². The third-order valence-electron chi connectivity index (χ3n) is 4.83. The Morgan fingerprint density at radius 3 is 2.72 bits per heavy atom. The quantitative estimate of drug-likeness (QED) is 0.436. The summed E-state index contributed by atoms with van der Waals surface area (Å²) in [5.41, 5.74) is 10.9. The Morgan fingerprint density at radius 1 is 0.966 bits per heavy atom. The topological polar surface area (TPSA) is 94.1 Å². The highest BCUT2D eigenvalue weighted by Gasteiger charge is 2.10. The fourth-order valence-corrected chi connectivity index (χ4v) is 3.30. The number of hydrogen-bond acceptors (Lipinski definition) is 5. The Bertz CT molecular complexity index is 1270. The number of ether oxygens (including phenoxy) is 1. The van der Waals surface area contributed by atoms with Gasteiger partial charge in [0.25, 0.3) is 0 Å². The minimum atomic E-state index is 0.623. The highest BCUT2D eigenvalue weighted by atomic mass is 16.5. The molecule has 0 saturated carbocycles. The van der Waals surface area contributed by atoms with Crippen molar-refractivity contribution in [1.82, 2.24) is 24.6 Å². The second-order valence-corrected chi connectivity index (χ2v) is 6.79. The molecule has 1 aromatic carbocycles. The molecule has 0 unspecified atom stereocenters. The van der Waals surface area contributed by atoms with Gasteiger partial charge < -0.3 is 15.5 Å². The maximum Gasteiger partial charge on any atom is 0.154 e. The number of fused-ring (bicyclic) bond motifs is 2. The first-order chi connectivity index (χ1) is 14.3. The summed E-state index contributed by atoms with van der Waals surface area (Å²) in [5.74, 6) is 0.831. The van der Waals surface area contributed by atoms with Gasteiger partial charge in [-0.05, 0) is 61.5 Å². The van der Waals surface area contributed by atoms with E-state index >= 15 is 0 Å². The van der Waals surface area contributed by atoms with Gasteiger partial charge in [-0.2, -0.15) is 5.10 Å². The number of nitrogens with zero attached hydrogens (tertiary/aromatic N) is 4. The van der Waals surface area contributed by atoms with E-state index in [-0.39, 0.29) is 0 Å². The molecule has 29 heavy (non-hydrogen) atoms. The molecule has 0 radical (unpaired) electrons. The molecule has 0 fully saturated rings. The highest BCUT2D eigenvalue weighted by molar-refractivity contribution is 5.81. The van der Waals surface area contributed by atoms with Crippen LogP contribution in [0.2, 0.25) is 0 Å². The minimum absolute atomic E-state index is 0.623. The molecule has 3 N–H and O–H groups in total. The average Bonchev–Trinajstić information content (AvgIpc) is 3.40. The number of aromatic amines is 1. The number of hydrogen-bond donors (Lipinski definition) is 2. The highest BCUT2D eigenvalue weighted by Crippen LogP contribution is 2.25. The van der Waals surface area contributed by atoms with E-state index in [1.54, 1.807) is 0 Å². The van der Waals surface area contributed by atoms with Crippen LogP contribution < -0.4 is 10.5 Å². The summed E-state index contributed by atoms with van der Waals surface area (Å²) in [6, 6.07) is 16.0. The summed E-state index contributed by atoms with van der Waals surface area (Å²) >= 11 is 0. The number of pyridine rings is 1. The van der Waals surface area contributed by atoms with Gasteiger partial charge in [0, 0.05) is 28.9 Å². The van der Waals surface area contributed by atoms with E-state index in [0.717, 1.165) is 51.4 Å². The van der Waals surface area contributed by atoms with E-state index < -0.39 is 0 Å². The van der Waals surface area contributed by atoms with Gasteiger partial charge in [0.05, 0.1) is 24.2 Å². The molecule has 0 aliphatic heterocycles. The van der Waals surface area contributed by atoms with Gasteiger partial charge in [-0.3, -0.25) is 0 Å². The fraction of sp³-hybridized carbons (Fsp3) is 0.136. The predicted molar refractivity (Wildman–Crippen MR) is 113 cm³/mol. The molecule has 0 bridgehead atoms. The van der Waals surface area contributed by atoms with E-state index in [2.05, 4.69) is 21.0 Å². The van der Waals surface area contributed by atoms with Crippen LogP contribution >= 0.6 is 0 Å². The van der Waals surface area contributed by atoms with Gasteiger partial charge in [0.2, 0.25) is 0 Å². The normalized spacial score (nSPS) is 11.3. The Labute approximate surface area is 167 Å². The molecule has 0 atom stereocenters. The number of imidazole rings is 1. The summed E-state index contributed by atoms with van der Waals surface area (Å²) in [6.07, 6.45) is 6.39. The van der Waals surface area contributed by atoms with Crippen molar-refractivity contribution in [2.24, 2.45) is 5.73 Å². The molecule has 5 aromatic rings. The molecule has 144 valence electrons. The van der Waals surface area contributed by atoms with Crippen LogP contribution in [0.4, 0.5) is 0 Å². The third kappa shape index (κ3) is 3.32. The lowest BCUT2D eigenvalue weighted by Crippen LogP contribution is -2.05. The number of rotatable bonds is 6. The zero-order valence-corrected chi connectivity index (χ0v) is 15.7. The molecule has 0 aliphatic carbocycles. The van der Waals surface area contributed by atoms with Crippen molar-refractivity contribution in [1.29, 1.82) is 0 Å². The van der Waals surface area contributed by atoms with Gasteiger partial charge in [-0.25, -0.2) is 14.5 Å². The first kappa shape index (κ1) is 17.4. The molecule has 4 aromatic heterocycles. The molecule has 4 heterocycles. The molecular weight excluding hydrogens is 364 g/mol. The molecule has 0 amide bonds. The van der Waals surface area contributed by atoms with Crippen LogP contribution in [-0.2, 0) is 0 Å². The molecule has 0 spiro atoms. The Morgan fingerprint density at radius 2 is 1.86 bits per heavy atom. The van der Waals surface area contributed by atoms with Crippen molar-refractivity contribution in [3.8, 4) is 28.3 Å². The second kappa shape index (κ2) is 7.37. The molecule has 5 rings (SSSR count).